The molecular formula is C86H161NO18. The van der Waals surface area contributed by atoms with Gasteiger partial charge in [0, 0.05) is 6.42 Å². The van der Waals surface area contributed by atoms with Crippen LogP contribution >= 0.6 is 0 Å². The molecule has 0 bridgehead atoms. The van der Waals surface area contributed by atoms with Gasteiger partial charge in [-0.2, -0.15) is 0 Å². The summed E-state index contributed by atoms with van der Waals surface area (Å²) in [5.41, 5.74) is 0. The molecule has 3 aliphatic heterocycles. The molecule has 0 aromatic heterocycles. The standard InChI is InChI=1S/C86H161NO18/c1-3-5-7-9-11-13-15-17-19-21-23-25-27-29-31-33-34-36-38-40-42-44-46-48-50-52-54-56-58-60-62-64-74(92)87-69(70(91)63-61-59-57-55-53-51-49-47-45-43-41-39-37-35-32-30-28-26-24-22-20-18-16-14-12-10-8-6-4-2)68-100-84-80(98)77(95)82(72(66-89)102-84)105-86-81(99)78(96)83(73(67-90)103-86)104-85-79(97)76(94)75(93)71(65-88)101-85/h21,23,53,55,61,63,69-73,75-86,88-91,93-99H,3-20,22,24-52,54,56-60,62,64-68H2,1-2H3,(H,87,92)/b23-21-,55-53+,63-61+. The SMILES string of the molecule is CCCCCCCCCC/C=C\CCCCCCCCCCCCCCCCCCCCCC(=O)NC(COC1OC(CO)C(OC2OC(CO)C(OC3OC(CO)C(O)C(O)C3O)C(O)C2O)C(O)C1O)C(O)/C=C/CC/C=C/CCCCCCCCCCCCCCCCCCCCCCCCC. The fourth-order valence-electron chi connectivity index (χ4n) is 14.9. The van der Waals surface area contributed by atoms with Crippen molar-refractivity contribution in [1.82, 2.24) is 5.32 Å². The smallest absolute Gasteiger partial charge is 0.220 e. The summed E-state index contributed by atoms with van der Waals surface area (Å²) in [4.78, 5) is 13.5. The van der Waals surface area contributed by atoms with Gasteiger partial charge in [0.2, 0.25) is 5.91 Å². The lowest BCUT2D eigenvalue weighted by molar-refractivity contribution is -0.379. The van der Waals surface area contributed by atoms with E-state index in [2.05, 4.69) is 43.5 Å². The number of allylic oxidation sites excluding steroid dienone is 5. The number of carbonyl (C=O) groups is 1. The van der Waals surface area contributed by atoms with Gasteiger partial charge in [0.25, 0.3) is 0 Å². The van der Waals surface area contributed by atoms with Gasteiger partial charge in [0.15, 0.2) is 18.9 Å². The highest BCUT2D eigenvalue weighted by molar-refractivity contribution is 5.76. The first-order chi connectivity index (χ1) is 51.3. The average Bonchev–Trinajstić information content (AvgIpc) is 0.781. The number of aliphatic hydroxyl groups is 11. The molecule has 17 unspecified atom stereocenters. The molecular weight excluding hydrogens is 1330 g/mol. The van der Waals surface area contributed by atoms with Crippen LogP contribution in [0.4, 0.5) is 0 Å². The molecule has 3 fully saturated rings. The van der Waals surface area contributed by atoms with Gasteiger partial charge in [0.1, 0.15) is 73.2 Å². The van der Waals surface area contributed by atoms with Crippen molar-refractivity contribution in [2.45, 2.75) is 478 Å². The number of hydrogen-bond donors (Lipinski definition) is 12. The second-order valence-electron chi connectivity index (χ2n) is 31.3. The van der Waals surface area contributed by atoms with E-state index in [4.69, 9.17) is 28.4 Å². The van der Waals surface area contributed by atoms with Crippen LogP contribution in [0.3, 0.4) is 0 Å². The Morgan fingerprint density at radius 3 is 0.952 bits per heavy atom. The third kappa shape index (κ3) is 46.0. The molecule has 0 spiro atoms. The summed E-state index contributed by atoms with van der Waals surface area (Å²) in [6, 6.07) is -0.991. The lowest BCUT2D eigenvalue weighted by atomic mass is 9.96. The summed E-state index contributed by atoms with van der Waals surface area (Å²) in [5.74, 6) is -0.278. The van der Waals surface area contributed by atoms with Crippen molar-refractivity contribution in [2.75, 3.05) is 26.4 Å². The fourth-order valence-corrected chi connectivity index (χ4v) is 14.9. The molecule has 0 saturated carbocycles. The zero-order valence-electron chi connectivity index (χ0n) is 66.5. The molecule has 3 saturated heterocycles. The van der Waals surface area contributed by atoms with Crippen molar-refractivity contribution in [3.63, 3.8) is 0 Å². The number of aliphatic hydroxyl groups excluding tert-OH is 11. The fraction of sp³-hybridized carbons (Fsp3) is 0.919. The summed E-state index contributed by atoms with van der Waals surface area (Å²) >= 11 is 0. The summed E-state index contributed by atoms with van der Waals surface area (Å²) in [5, 5.41) is 121. The zero-order valence-corrected chi connectivity index (χ0v) is 66.5. The number of rotatable bonds is 71. The molecule has 618 valence electrons. The van der Waals surface area contributed by atoms with Crippen molar-refractivity contribution in [3.05, 3.63) is 36.5 Å². The number of ether oxygens (including phenoxy) is 6. The average molecular weight is 1500 g/mol. The molecule has 3 aliphatic rings. The highest BCUT2D eigenvalue weighted by atomic mass is 16.8. The van der Waals surface area contributed by atoms with E-state index in [0.29, 0.717) is 12.8 Å². The van der Waals surface area contributed by atoms with E-state index in [-0.39, 0.29) is 18.9 Å². The van der Waals surface area contributed by atoms with E-state index in [1.807, 2.05) is 6.08 Å². The Labute approximate surface area is 638 Å². The maximum Gasteiger partial charge on any atom is 0.220 e. The monoisotopic (exact) mass is 1500 g/mol. The van der Waals surface area contributed by atoms with Crippen molar-refractivity contribution in [3.8, 4) is 0 Å². The van der Waals surface area contributed by atoms with E-state index < -0.39 is 124 Å². The number of hydrogen-bond acceptors (Lipinski definition) is 18. The van der Waals surface area contributed by atoms with Crippen LogP contribution in [0.15, 0.2) is 36.5 Å². The minimum Gasteiger partial charge on any atom is -0.394 e. The minimum atomic E-state index is -1.98. The number of amides is 1. The van der Waals surface area contributed by atoms with Crippen LogP contribution < -0.4 is 5.32 Å². The highest BCUT2D eigenvalue weighted by Crippen LogP contribution is 2.33. The Kier molecular flexibility index (Phi) is 61.7. The molecule has 0 aliphatic carbocycles. The Balaban J connectivity index is 1.35. The van der Waals surface area contributed by atoms with Gasteiger partial charge < -0.3 is 89.9 Å². The van der Waals surface area contributed by atoms with E-state index in [1.54, 1.807) is 6.08 Å². The van der Waals surface area contributed by atoms with E-state index in [0.717, 1.165) is 38.5 Å². The maximum absolute atomic E-state index is 13.5. The maximum atomic E-state index is 13.5. The first kappa shape index (κ1) is 97.2. The lowest BCUT2D eigenvalue weighted by Crippen LogP contribution is -2.66. The summed E-state index contributed by atoms with van der Waals surface area (Å²) in [6.07, 6.45) is 57.3. The van der Waals surface area contributed by atoms with Gasteiger partial charge in [-0.15, -0.1) is 0 Å². The van der Waals surface area contributed by atoms with Gasteiger partial charge in [-0.25, -0.2) is 0 Å². The predicted octanol–water partition coefficient (Wildman–Crippen LogP) is 15.9. The van der Waals surface area contributed by atoms with Crippen molar-refractivity contribution < 1.29 is 89.4 Å². The summed E-state index contributed by atoms with van der Waals surface area (Å²) in [6.45, 7) is 1.78. The topological polar surface area (TPSA) is 307 Å². The van der Waals surface area contributed by atoms with Gasteiger partial charge in [-0.3, -0.25) is 4.79 Å². The van der Waals surface area contributed by atoms with Gasteiger partial charge in [0.05, 0.1) is 38.6 Å². The van der Waals surface area contributed by atoms with Gasteiger partial charge >= 0.3 is 0 Å². The number of nitrogens with one attached hydrogen (secondary N) is 1. The van der Waals surface area contributed by atoms with Crippen LogP contribution in [-0.2, 0) is 33.2 Å². The highest BCUT2D eigenvalue weighted by Gasteiger charge is 2.54. The molecule has 12 N–H and O–H groups in total. The Bertz CT molecular complexity index is 2030. The first-order valence-electron chi connectivity index (χ1n) is 43.7. The molecule has 105 heavy (non-hydrogen) atoms. The van der Waals surface area contributed by atoms with Crippen LogP contribution in [0.1, 0.15) is 373 Å². The molecule has 3 heterocycles. The quantitative estimate of drug-likeness (QED) is 0.0199. The van der Waals surface area contributed by atoms with Crippen LogP contribution in [-0.4, -0.2) is 193 Å². The normalized spacial score (nSPS) is 25.9. The summed E-state index contributed by atoms with van der Waals surface area (Å²) < 4.78 is 34.5. The van der Waals surface area contributed by atoms with Crippen molar-refractivity contribution in [2.24, 2.45) is 0 Å². The third-order valence-electron chi connectivity index (χ3n) is 21.9. The first-order valence-corrected chi connectivity index (χ1v) is 43.7. The van der Waals surface area contributed by atoms with E-state index in [9.17, 15) is 61.0 Å². The molecule has 0 radical (unpaired) electrons. The molecule has 0 aromatic carbocycles. The van der Waals surface area contributed by atoms with Crippen LogP contribution in [0.25, 0.3) is 0 Å². The molecule has 1 amide bonds. The summed E-state index contributed by atoms with van der Waals surface area (Å²) in [7, 11) is 0. The molecule has 19 heteroatoms. The number of carbonyl (C=O) groups excluding carboxylic acids is 1. The molecule has 19 nitrogen and oxygen atoms in total. The minimum absolute atomic E-state index is 0.239. The van der Waals surface area contributed by atoms with Crippen molar-refractivity contribution in [1.29, 1.82) is 0 Å². The second kappa shape index (κ2) is 66.6. The Hall–Kier alpha value is -1.99. The third-order valence-corrected chi connectivity index (χ3v) is 21.9. The van der Waals surface area contributed by atoms with E-state index >= 15 is 0 Å². The Morgan fingerprint density at radius 2 is 0.610 bits per heavy atom. The Morgan fingerprint density at radius 1 is 0.333 bits per heavy atom. The molecule has 3 rings (SSSR count). The predicted molar refractivity (Wildman–Crippen MR) is 420 cm³/mol. The largest absolute Gasteiger partial charge is 0.394 e. The van der Waals surface area contributed by atoms with Crippen LogP contribution in [0.2, 0.25) is 0 Å². The van der Waals surface area contributed by atoms with Crippen LogP contribution in [0, 0.1) is 0 Å². The zero-order chi connectivity index (χ0) is 76.0. The molecule has 0 aromatic rings. The second-order valence-corrected chi connectivity index (χ2v) is 31.3. The van der Waals surface area contributed by atoms with Gasteiger partial charge in [-0.05, 0) is 57.8 Å². The van der Waals surface area contributed by atoms with Crippen LogP contribution in [0.5, 0.6) is 0 Å². The van der Waals surface area contributed by atoms with Crippen molar-refractivity contribution >= 4 is 5.91 Å². The molecule has 17 atom stereocenters. The van der Waals surface area contributed by atoms with Gasteiger partial charge in [-0.1, -0.05) is 346 Å². The number of unbranched alkanes of at least 4 members (excludes halogenated alkanes) is 51. The van der Waals surface area contributed by atoms with E-state index in [1.165, 1.54) is 302 Å². The lowest BCUT2D eigenvalue weighted by Gasteiger charge is -2.48.